The molecule has 10 nitrogen and oxygen atoms in total. The SMILES string of the molecule is NC(=O)c1ccc2nc(C(=O)N[C@H]3CC[C@H](Oc4ncccc4C(N)=O)CC3)cn2c1. The van der Waals surface area contributed by atoms with Crippen molar-refractivity contribution in [2.45, 2.75) is 37.8 Å². The molecule has 3 aromatic heterocycles. The molecule has 3 heterocycles. The standard InChI is InChI=1S/C21H22N6O4/c22-18(28)12-3-8-17-26-16(11-27(17)10-12)20(30)25-13-4-6-14(7-5-13)31-21-15(19(23)29)2-1-9-24-21/h1-3,8-11,13-14H,4-7H2,(H2,22,28)(H2,23,29)(H,25,30)/t13-,14-. The van der Waals surface area contributed by atoms with E-state index in [4.69, 9.17) is 16.2 Å². The highest BCUT2D eigenvalue weighted by Crippen LogP contribution is 2.25. The summed E-state index contributed by atoms with van der Waals surface area (Å²) in [4.78, 5) is 43.9. The quantitative estimate of drug-likeness (QED) is 0.539. The summed E-state index contributed by atoms with van der Waals surface area (Å²) in [6.45, 7) is 0. The summed E-state index contributed by atoms with van der Waals surface area (Å²) < 4.78 is 7.48. The van der Waals surface area contributed by atoms with Gasteiger partial charge < -0.3 is 25.9 Å². The lowest BCUT2D eigenvalue weighted by Crippen LogP contribution is -2.40. The van der Waals surface area contributed by atoms with Crippen molar-refractivity contribution in [3.05, 3.63) is 59.7 Å². The fraction of sp³-hybridized carbons (Fsp3) is 0.286. The van der Waals surface area contributed by atoms with Gasteiger partial charge in [-0.2, -0.15) is 0 Å². The van der Waals surface area contributed by atoms with Crippen LogP contribution >= 0.6 is 0 Å². The molecule has 1 saturated carbocycles. The highest BCUT2D eigenvalue weighted by atomic mass is 16.5. The van der Waals surface area contributed by atoms with E-state index in [1.807, 2.05) is 0 Å². The number of hydrogen-bond acceptors (Lipinski definition) is 6. The zero-order valence-electron chi connectivity index (χ0n) is 16.7. The summed E-state index contributed by atoms with van der Waals surface area (Å²) in [5, 5.41) is 3.00. The van der Waals surface area contributed by atoms with Crippen molar-refractivity contribution in [2.75, 3.05) is 0 Å². The van der Waals surface area contributed by atoms with Gasteiger partial charge in [0.25, 0.3) is 11.8 Å². The summed E-state index contributed by atoms with van der Waals surface area (Å²) >= 11 is 0. The fourth-order valence-corrected chi connectivity index (χ4v) is 3.66. The van der Waals surface area contributed by atoms with Crippen molar-refractivity contribution in [1.82, 2.24) is 19.7 Å². The van der Waals surface area contributed by atoms with Crippen molar-refractivity contribution in [1.29, 1.82) is 0 Å². The number of hydrogen-bond donors (Lipinski definition) is 3. The van der Waals surface area contributed by atoms with Crippen LogP contribution in [0.25, 0.3) is 5.65 Å². The van der Waals surface area contributed by atoms with E-state index in [1.165, 1.54) is 0 Å². The maximum atomic E-state index is 12.6. The Labute approximate surface area is 177 Å². The van der Waals surface area contributed by atoms with Gasteiger partial charge in [0, 0.05) is 24.6 Å². The zero-order chi connectivity index (χ0) is 22.0. The Morgan fingerprint density at radius 1 is 1.03 bits per heavy atom. The maximum absolute atomic E-state index is 12.6. The number of amides is 3. The van der Waals surface area contributed by atoms with E-state index in [-0.39, 0.29) is 35.2 Å². The number of aromatic nitrogens is 3. The molecule has 4 rings (SSSR count). The number of nitrogens with two attached hydrogens (primary N) is 2. The van der Waals surface area contributed by atoms with Gasteiger partial charge in [-0.3, -0.25) is 14.4 Å². The van der Waals surface area contributed by atoms with Gasteiger partial charge in [-0.1, -0.05) is 0 Å². The molecule has 0 aliphatic heterocycles. The summed E-state index contributed by atoms with van der Waals surface area (Å²) in [6, 6.07) is 6.40. The normalized spacial score (nSPS) is 18.5. The van der Waals surface area contributed by atoms with Gasteiger partial charge in [0.1, 0.15) is 23.0 Å². The van der Waals surface area contributed by atoms with Gasteiger partial charge in [0.15, 0.2) is 0 Å². The van der Waals surface area contributed by atoms with E-state index in [0.29, 0.717) is 36.9 Å². The second kappa shape index (κ2) is 8.42. The van der Waals surface area contributed by atoms with Gasteiger partial charge in [0.2, 0.25) is 11.8 Å². The Morgan fingerprint density at radius 2 is 1.81 bits per heavy atom. The number of fused-ring (bicyclic) bond motifs is 1. The molecule has 0 spiro atoms. The third kappa shape index (κ3) is 4.47. The summed E-state index contributed by atoms with van der Waals surface area (Å²) in [5.74, 6) is -1.18. The summed E-state index contributed by atoms with van der Waals surface area (Å²) in [6.07, 6.45) is 7.39. The summed E-state index contributed by atoms with van der Waals surface area (Å²) in [5.41, 5.74) is 12.1. The molecule has 1 fully saturated rings. The molecule has 0 unspecified atom stereocenters. The molecule has 3 aromatic rings. The molecule has 1 aliphatic carbocycles. The van der Waals surface area contributed by atoms with E-state index >= 15 is 0 Å². The van der Waals surface area contributed by atoms with Crippen LogP contribution in [0.1, 0.15) is 56.9 Å². The number of nitrogens with one attached hydrogen (secondary N) is 1. The monoisotopic (exact) mass is 422 g/mol. The summed E-state index contributed by atoms with van der Waals surface area (Å²) in [7, 11) is 0. The first kappa shape index (κ1) is 20.3. The highest BCUT2D eigenvalue weighted by Gasteiger charge is 2.26. The maximum Gasteiger partial charge on any atom is 0.271 e. The fourth-order valence-electron chi connectivity index (χ4n) is 3.66. The van der Waals surface area contributed by atoms with Crippen molar-refractivity contribution in [2.24, 2.45) is 11.5 Å². The molecule has 0 bridgehead atoms. The molecule has 0 radical (unpaired) electrons. The van der Waals surface area contributed by atoms with Crippen LogP contribution in [-0.2, 0) is 0 Å². The number of pyridine rings is 2. The average Bonchev–Trinajstić information content (AvgIpc) is 3.19. The average molecular weight is 422 g/mol. The molecule has 0 aromatic carbocycles. The lowest BCUT2D eigenvalue weighted by Gasteiger charge is -2.29. The first-order chi connectivity index (χ1) is 14.9. The number of ether oxygens (including phenoxy) is 1. The Hall–Kier alpha value is -3.95. The number of carbonyl (C=O) groups is 3. The van der Waals surface area contributed by atoms with Crippen molar-refractivity contribution >= 4 is 23.4 Å². The van der Waals surface area contributed by atoms with Crippen LogP contribution in [0.2, 0.25) is 0 Å². The predicted octanol–water partition coefficient (Wildman–Crippen LogP) is 1.05. The number of carbonyl (C=O) groups excluding carboxylic acids is 3. The van der Waals surface area contributed by atoms with Gasteiger partial charge in [0.05, 0.1) is 5.56 Å². The third-order valence-corrected chi connectivity index (χ3v) is 5.29. The topological polar surface area (TPSA) is 155 Å². The first-order valence-electron chi connectivity index (χ1n) is 9.91. The molecular weight excluding hydrogens is 400 g/mol. The molecule has 1 aliphatic rings. The van der Waals surface area contributed by atoms with Crippen molar-refractivity contribution < 1.29 is 19.1 Å². The molecule has 5 N–H and O–H groups in total. The lowest BCUT2D eigenvalue weighted by atomic mass is 9.93. The predicted molar refractivity (Wildman–Crippen MR) is 111 cm³/mol. The lowest BCUT2D eigenvalue weighted by molar-refractivity contribution is 0.0877. The largest absolute Gasteiger partial charge is 0.474 e. The van der Waals surface area contributed by atoms with Gasteiger partial charge in [-0.25, -0.2) is 9.97 Å². The highest BCUT2D eigenvalue weighted by molar-refractivity contribution is 5.95. The van der Waals surface area contributed by atoms with Crippen molar-refractivity contribution in [3.8, 4) is 5.88 Å². The molecular formula is C21H22N6O4. The van der Waals surface area contributed by atoms with Gasteiger partial charge in [-0.05, 0) is 49.9 Å². The second-order valence-electron chi connectivity index (χ2n) is 7.46. The Balaban J connectivity index is 1.35. The van der Waals surface area contributed by atoms with E-state index in [9.17, 15) is 14.4 Å². The molecule has 160 valence electrons. The van der Waals surface area contributed by atoms with Crippen LogP contribution in [0.5, 0.6) is 5.88 Å². The number of imidazole rings is 1. The minimum absolute atomic E-state index is 0.0160. The van der Waals surface area contributed by atoms with Gasteiger partial charge in [-0.15, -0.1) is 0 Å². The molecule has 3 amide bonds. The molecule has 10 heteroatoms. The van der Waals surface area contributed by atoms with Crippen LogP contribution in [0.15, 0.2) is 42.9 Å². The van der Waals surface area contributed by atoms with Crippen LogP contribution < -0.4 is 21.5 Å². The minimum Gasteiger partial charge on any atom is -0.474 e. The molecule has 31 heavy (non-hydrogen) atoms. The Bertz CT molecular complexity index is 1150. The van der Waals surface area contributed by atoms with E-state index < -0.39 is 11.8 Å². The van der Waals surface area contributed by atoms with E-state index in [0.717, 1.165) is 0 Å². The van der Waals surface area contributed by atoms with Crippen LogP contribution in [0.4, 0.5) is 0 Å². The second-order valence-corrected chi connectivity index (χ2v) is 7.46. The zero-order valence-corrected chi connectivity index (χ0v) is 16.7. The van der Waals surface area contributed by atoms with Crippen molar-refractivity contribution in [3.63, 3.8) is 0 Å². The van der Waals surface area contributed by atoms with Gasteiger partial charge >= 0.3 is 0 Å². The van der Waals surface area contributed by atoms with Crippen LogP contribution in [0.3, 0.4) is 0 Å². The Morgan fingerprint density at radius 3 is 2.52 bits per heavy atom. The Kier molecular flexibility index (Phi) is 5.52. The van der Waals surface area contributed by atoms with E-state index in [2.05, 4.69) is 15.3 Å². The van der Waals surface area contributed by atoms with Crippen LogP contribution in [-0.4, -0.2) is 44.2 Å². The smallest absolute Gasteiger partial charge is 0.271 e. The number of nitrogens with zero attached hydrogens (tertiary/aromatic N) is 3. The first-order valence-corrected chi connectivity index (χ1v) is 9.91. The number of rotatable bonds is 6. The van der Waals surface area contributed by atoms with Crippen LogP contribution in [0, 0.1) is 0 Å². The molecule has 0 saturated heterocycles. The third-order valence-electron chi connectivity index (χ3n) is 5.29. The minimum atomic E-state index is -0.584. The molecule has 0 atom stereocenters. The number of primary amides is 2. The van der Waals surface area contributed by atoms with E-state index in [1.54, 1.807) is 47.3 Å².